The summed E-state index contributed by atoms with van der Waals surface area (Å²) in [6.45, 7) is 4.47. The maximum atomic E-state index is 12.2. The van der Waals surface area contributed by atoms with Crippen molar-refractivity contribution in [3.05, 3.63) is 58.6 Å². The Morgan fingerprint density at radius 3 is 2.30 bits per heavy atom. The fourth-order valence-electron chi connectivity index (χ4n) is 2.42. The molecule has 1 amide bonds. The number of anilines is 1. The number of carbonyl (C=O) groups excluding carboxylic acids is 1. The molecule has 0 spiro atoms. The second-order valence-corrected chi connectivity index (χ2v) is 5.64. The Hall–Kier alpha value is -2.00. The summed E-state index contributed by atoms with van der Waals surface area (Å²) in [5.74, 6) is 0.554. The van der Waals surface area contributed by atoms with E-state index in [9.17, 15) is 4.79 Å². The predicted octanol–water partition coefficient (Wildman–Crippen LogP) is 4.87. The van der Waals surface area contributed by atoms with Crippen LogP contribution in [0.5, 0.6) is 5.75 Å². The van der Waals surface area contributed by atoms with Crippen LogP contribution < -0.4 is 10.1 Å². The van der Waals surface area contributed by atoms with Crippen LogP contribution in [0.1, 0.15) is 31.4 Å². The van der Waals surface area contributed by atoms with Crippen LogP contribution in [-0.4, -0.2) is 12.5 Å². The SMILES string of the molecule is CCc1cccc(CC)c1NC(=O)CCOc1ccccc1Cl. The zero-order valence-corrected chi connectivity index (χ0v) is 14.3. The van der Waals surface area contributed by atoms with Crippen molar-refractivity contribution in [1.29, 1.82) is 0 Å². The van der Waals surface area contributed by atoms with Crippen molar-refractivity contribution in [2.24, 2.45) is 0 Å². The minimum absolute atomic E-state index is 0.0485. The topological polar surface area (TPSA) is 38.3 Å². The smallest absolute Gasteiger partial charge is 0.227 e. The highest BCUT2D eigenvalue weighted by atomic mass is 35.5. The number of carbonyl (C=O) groups is 1. The lowest BCUT2D eigenvalue weighted by Crippen LogP contribution is -2.17. The standard InChI is InChI=1S/C19H22ClNO2/c1-3-14-8-7-9-15(4-2)19(14)21-18(22)12-13-23-17-11-6-5-10-16(17)20/h5-11H,3-4,12-13H2,1-2H3,(H,21,22). The van der Waals surface area contributed by atoms with Gasteiger partial charge in [-0.15, -0.1) is 0 Å². The number of aryl methyl sites for hydroxylation is 2. The first-order valence-electron chi connectivity index (χ1n) is 7.93. The molecule has 3 nitrogen and oxygen atoms in total. The molecule has 0 unspecified atom stereocenters. The van der Waals surface area contributed by atoms with Crippen molar-refractivity contribution in [3.63, 3.8) is 0 Å². The van der Waals surface area contributed by atoms with Gasteiger partial charge in [0, 0.05) is 5.69 Å². The number of nitrogens with one attached hydrogen (secondary N) is 1. The predicted molar refractivity (Wildman–Crippen MR) is 95.4 cm³/mol. The molecule has 23 heavy (non-hydrogen) atoms. The highest BCUT2D eigenvalue weighted by Crippen LogP contribution is 2.24. The molecule has 0 aliphatic carbocycles. The van der Waals surface area contributed by atoms with Crippen molar-refractivity contribution in [2.75, 3.05) is 11.9 Å². The number of hydrogen-bond acceptors (Lipinski definition) is 2. The van der Waals surface area contributed by atoms with Gasteiger partial charge >= 0.3 is 0 Å². The molecule has 0 radical (unpaired) electrons. The molecule has 0 aliphatic rings. The second kappa shape index (κ2) is 8.59. The number of hydrogen-bond donors (Lipinski definition) is 1. The quantitative estimate of drug-likeness (QED) is 0.785. The minimum atomic E-state index is -0.0485. The van der Waals surface area contributed by atoms with E-state index in [-0.39, 0.29) is 12.3 Å². The van der Waals surface area contributed by atoms with Gasteiger partial charge in [-0.3, -0.25) is 4.79 Å². The fourth-order valence-corrected chi connectivity index (χ4v) is 2.61. The lowest BCUT2D eigenvalue weighted by atomic mass is 10.0. The van der Waals surface area contributed by atoms with E-state index in [0.29, 0.717) is 17.4 Å². The molecular weight excluding hydrogens is 310 g/mol. The molecule has 2 aromatic carbocycles. The molecule has 0 bridgehead atoms. The van der Waals surface area contributed by atoms with Crippen LogP contribution in [0.4, 0.5) is 5.69 Å². The molecule has 0 aliphatic heterocycles. The first-order chi connectivity index (χ1) is 11.2. The third kappa shape index (κ3) is 4.73. The maximum absolute atomic E-state index is 12.2. The van der Waals surface area contributed by atoms with Crippen molar-refractivity contribution in [1.82, 2.24) is 0 Å². The number of halogens is 1. The van der Waals surface area contributed by atoms with Crippen LogP contribution >= 0.6 is 11.6 Å². The third-order valence-corrected chi connectivity index (χ3v) is 4.00. The van der Waals surface area contributed by atoms with Gasteiger partial charge in [0.05, 0.1) is 18.1 Å². The summed E-state index contributed by atoms with van der Waals surface area (Å²) in [4.78, 5) is 12.2. The van der Waals surface area contributed by atoms with Crippen LogP contribution in [0, 0.1) is 0 Å². The minimum Gasteiger partial charge on any atom is -0.491 e. The molecular formula is C19H22ClNO2. The van der Waals surface area contributed by atoms with Crippen molar-refractivity contribution in [2.45, 2.75) is 33.1 Å². The molecule has 122 valence electrons. The normalized spacial score (nSPS) is 10.4. The van der Waals surface area contributed by atoms with E-state index in [4.69, 9.17) is 16.3 Å². The lowest BCUT2D eigenvalue weighted by molar-refractivity contribution is -0.116. The van der Waals surface area contributed by atoms with Gasteiger partial charge in [-0.25, -0.2) is 0 Å². The number of para-hydroxylation sites is 2. The Kier molecular flexibility index (Phi) is 6.48. The van der Waals surface area contributed by atoms with Crippen LogP contribution in [0.2, 0.25) is 5.02 Å². The van der Waals surface area contributed by atoms with Gasteiger partial charge < -0.3 is 10.1 Å². The van der Waals surface area contributed by atoms with E-state index in [0.717, 1.165) is 29.7 Å². The lowest BCUT2D eigenvalue weighted by Gasteiger charge is -2.14. The molecule has 0 saturated heterocycles. The summed E-state index contributed by atoms with van der Waals surface area (Å²) in [7, 11) is 0. The summed E-state index contributed by atoms with van der Waals surface area (Å²) in [5.41, 5.74) is 3.26. The summed E-state index contributed by atoms with van der Waals surface area (Å²) in [5, 5.41) is 3.58. The van der Waals surface area contributed by atoms with Crippen LogP contribution in [0.25, 0.3) is 0 Å². The number of ether oxygens (including phenoxy) is 1. The van der Waals surface area contributed by atoms with Gasteiger partial charge in [0.2, 0.25) is 5.91 Å². The highest BCUT2D eigenvalue weighted by Gasteiger charge is 2.10. The second-order valence-electron chi connectivity index (χ2n) is 5.24. The van der Waals surface area contributed by atoms with E-state index < -0.39 is 0 Å². The van der Waals surface area contributed by atoms with Gasteiger partial charge in [-0.05, 0) is 36.1 Å². The molecule has 2 aromatic rings. The highest BCUT2D eigenvalue weighted by molar-refractivity contribution is 6.32. The Morgan fingerprint density at radius 1 is 1.04 bits per heavy atom. The average Bonchev–Trinajstić information content (AvgIpc) is 2.56. The summed E-state index contributed by atoms with van der Waals surface area (Å²) in [6, 6.07) is 13.4. The van der Waals surface area contributed by atoms with E-state index in [1.165, 1.54) is 0 Å². The Bertz CT molecular complexity index is 648. The largest absolute Gasteiger partial charge is 0.491 e. The van der Waals surface area contributed by atoms with Gasteiger partial charge in [0.15, 0.2) is 0 Å². The fraction of sp³-hybridized carbons (Fsp3) is 0.316. The number of rotatable bonds is 7. The Labute approximate surface area is 142 Å². The molecule has 0 aromatic heterocycles. The van der Waals surface area contributed by atoms with Crippen molar-refractivity contribution >= 4 is 23.2 Å². The summed E-state index contributed by atoms with van der Waals surface area (Å²) < 4.78 is 5.57. The molecule has 2 rings (SSSR count). The van der Waals surface area contributed by atoms with Crippen LogP contribution in [0.15, 0.2) is 42.5 Å². The van der Waals surface area contributed by atoms with Gasteiger partial charge in [0.25, 0.3) is 0 Å². The van der Waals surface area contributed by atoms with E-state index in [1.54, 1.807) is 12.1 Å². The number of benzene rings is 2. The zero-order valence-electron chi connectivity index (χ0n) is 13.6. The average molecular weight is 332 g/mol. The first kappa shape index (κ1) is 17.4. The first-order valence-corrected chi connectivity index (χ1v) is 8.31. The molecule has 0 saturated carbocycles. The molecule has 0 heterocycles. The summed E-state index contributed by atoms with van der Waals surface area (Å²) in [6.07, 6.45) is 2.06. The van der Waals surface area contributed by atoms with E-state index >= 15 is 0 Å². The van der Waals surface area contributed by atoms with Gasteiger partial charge in [-0.1, -0.05) is 55.8 Å². The van der Waals surface area contributed by atoms with Gasteiger partial charge in [-0.2, -0.15) is 0 Å². The molecule has 0 fully saturated rings. The molecule has 4 heteroatoms. The van der Waals surface area contributed by atoms with Crippen LogP contribution in [-0.2, 0) is 17.6 Å². The van der Waals surface area contributed by atoms with Gasteiger partial charge in [0.1, 0.15) is 5.75 Å². The Morgan fingerprint density at radius 2 is 1.70 bits per heavy atom. The summed E-state index contributed by atoms with van der Waals surface area (Å²) >= 11 is 6.02. The Balaban J connectivity index is 1.94. The third-order valence-electron chi connectivity index (χ3n) is 3.69. The van der Waals surface area contributed by atoms with E-state index in [2.05, 4.69) is 31.3 Å². The van der Waals surface area contributed by atoms with E-state index in [1.807, 2.05) is 18.2 Å². The van der Waals surface area contributed by atoms with Crippen molar-refractivity contribution in [3.8, 4) is 5.75 Å². The number of amides is 1. The molecule has 0 atom stereocenters. The molecule has 1 N–H and O–H groups in total. The maximum Gasteiger partial charge on any atom is 0.227 e. The zero-order chi connectivity index (χ0) is 16.7. The van der Waals surface area contributed by atoms with Crippen molar-refractivity contribution < 1.29 is 9.53 Å². The van der Waals surface area contributed by atoms with Crippen LogP contribution in [0.3, 0.4) is 0 Å². The monoisotopic (exact) mass is 331 g/mol.